The zero-order chi connectivity index (χ0) is 15.1. The number of nitrogens with one attached hydrogen (secondary N) is 1. The molecule has 1 amide bonds. The molecule has 0 aliphatic carbocycles. The predicted octanol–water partition coefficient (Wildman–Crippen LogP) is 2.27. The molecule has 0 fully saturated rings. The lowest BCUT2D eigenvalue weighted by atomic mass is 10.1. The third-order valence-electron chi connectivity index (χ3n) is 3.03. The molecule has 0 unspecified atom stereocenters. The van der Waals surface area contributed by atoms with Gasteiger partial charge in [0.25, 0.3) is 5.91 Å². The molecule has 0 heterocycles. The van der Waals surface area contributed by atoms with Gasteiger partial charge in [0.1, 0.15) is 6.61 Å². The molecule has 2 aromatic carbocycles. The Kier molecular flexibility index (Phi) is 5.14. The summed E-state index contributed by atoms with van der Waals surface area (Å²) >= 11 is 0. The summed E-state index contributed by atoms with van der Waals surface area (Å²) < 4.78 is 0. The van der Waals surface area contributed by atoms with Gasteiger partial charge in [-0.15, -0.1) is 0 Å². The van der Waals surface area contributed by atoms with Crippen LogP contribution in [0.15, 0.2) is 48.5 Å². The molecule has 2 N–H and O–H groups in total. The minimum Gasteiger partial charge on any atom is -0.384 e. The van der Waals surface area contributed by atoms with Crippen LogP contribution < -0.4 is 5.32 Å². The molecular formula is C18H17NO2. The maximum absolute atomic E-state index is 12.0. The van der Waals surface area contributed by atoms with Gasteiger partial charge in [0.05, 0.1) is 0 Å². The number of hydrogen-bond acceptors (Lipinski definition) is 2. The second kappa shape index (κ2) is 7.28. The molecule has 0 bridgehead atoms. The molecule has 0 aromatic heterocycles. The Morgan fingerprint density at radius 2 is 1.76 bits per heavy atom. The molecule has 0 atom stereocenters. The maximum Gasteiger partial charge on any atom is 0.251 e. The topological polar surface area (TPSA) is 49.3 Å². The van der Waals surface area contributed by atoms with Crippen molar-refractivity contribution in [3.8, 4) is 11.8 Å². The molecule has 3 heteroatoms. The Balaban J connectivity index is 1.95. The van der Waals surface area contributed by atoms with E-state index in [2.05, 4.69) is 17.2 Å². The molecule has 3 nitrogen and oxygen atoms in total. The number of carbonyl (C=O) groups is 1. The molecule has 0 aliphatic rings. The Bertz CT molecular complexity index is 661. The van der Waals surface area contributed by atoms with Gasteiger partial charge in [0, 0.05) is 17.7 Å². The normalized spacial score (nSPS) is 9.62. The number of carbonyl (C=O) groups excluding carboxylic acids is 1. The van der Waals surface area contributed by atoms with Gasteiger partial charge in [0.2, 0.25) is 0 Å². The highest BCUT2D eigenvalue weighted by molar-refractivity contribution is 5.94. The fourth-order valence-electron chi connectivity index (χ4n) is 1.84. The lowest BCUT2D eigenvalue weighted by molar-refractivity contribution is 0.0951. The fourth-order valence-corrected chi connectivity index (χ4v) is 1.84. The first-order valence-electron chi connectivity index (χ1n) is 6.72. The zero-order valence-electron chi connectivity index (χ0n) is 11.9. The summed E-state index contributed by atoms with van der Waals surface area (Å²) in [6, 6.07) is 15.0. The number of aliphatic hydroxyl groups is 1. The van der Waals surface area contributed by atoms with Crippen LogP contribution in [0.2, 0.25) is 0 Å². The maximum atomic E-state index is 12.0. The lowest BCUT2D eigenvalue weighted by Gasteiger charge is -2.06. The first kappa shape index (κ1) is 14.8. The number of aliphatic hydroxyl groups excluding tert-OH is 1. The summed E-state index contributed by atoms with van der Waals surface area (Å²) in [6.45, 7) is 2.37. The molecule has 0 saturated heterocycles. The van der Waals surface area contributed by atoms with Gasteiger partial charge in [-0.25, -0.2) is 0 Å². The van der Waals surface area contributed by atoms with Gasteiger partial charge >= 0.3 is 0 Å². The number of rotatable bonds is 3. The van der Waals surface area contributed by atoms with Crippen molar-refractivity contribution in [3.63, 3.8) is 0 Å². The van der Waals surface area contributed by atoms with Crippen LogP contribution in [0.25, 0.3) is 0 Å². The van der Waals surface area contributed by atoms with Crippen molar-refractivity contribution in [2.75, 3.05) is 6.61 Å². The lowest BCUT2D eigenvalue weighted by Crippen LogP contribution is -2.22. The van der Waals surface area contributed by atoms with E-state index in [1.165, 1.54) is 5.56 Å². The highest BCUT2D eigenvalue weighted by atomic mass is 16.2. The highest BCUT2D eigenvalue weighted by Crippen LogP contribution is 2.05. The molecule has 2 rings (SSSR count). The summed E-state index contributed by atoms with van der Waals surface area (Å²) in [4.78, 5) is 12.0. The third kappa shape index (κ3) is 4.48. The summed E-state index contributed by atoms with van der Waals surface area (Å²) in [5, 5.41) is 11.5. The van der Waals surface area contributed by atoms with Crippen molar-refractivity contribution in [1.82, 2.24) is 5.32 Å². The smallest absolute Gasteiger partial charge is 0.251 e. The van der Waals surface area contributed by atoms with Crippen LogP contribution in [0.5, 0.6) is 0 Å². The second-order valence-electron chi connectivity index (χ2n) is 4.71. The average molecular weight is 279 g/mol. The van der Waals surface area contributed by atoms with Crippen molar-refractivity contribution in [1.29, 1.82) is 0 Å². The fraction of sp³-hybridized carbons (Fsp3) is 0.167. The molecule has 0 aliphatic heterocycles. The van der Waals surface area contributed by atoms with E-state index in [1.807, 2.05) is 31.2 Å². The van der Waals surface area contributed by atoms with Crippen LogP contribution in [-0.2, 0) is 6.54 Å². The van der Waals surface area contributed by atoms with E-state index >= 15 is 0 Å². The van der Waals surface area contributed by atoms with Gasteiger partial charge in [-0.1, -0.05) is 41.7 Å². The van der Waals surface area contributed by atoms with Crippen LogP contribution in [0.1, 0.15) is 27.0 Å². The van der Waals surface area contributed by atoms with Crippen molar-refractivity contribution < 1.29 is 9.90 Å². The third-order valence-corrected chi connectivity index (χ3v) is 3.03. The quantitative estimate of drug-likeness (QED) is 0.847. The number of aryl methyl sites for hydroxylation is 1. The first-order valence-corrected chi connectivity index (χ1v) is 6.72. The van der Waals surface area contributed by atoms with Crippen molar-refractivity contribution in [2.45, 2.75) is 13.5 Å². The highest BCUT2D eigenvalue weighted by Gasteiger charge is 2.04. The zero-order valence-corrected chi connectivity index (χ0v) is 11.9. The Hall–Kier alpha value is -2.57. The van der Waals surface area contributed by atoms with Gasteiger partial charge in [-0.3, -0.25) is 4.79 Å². The summed E-state index contributed by atoms with van der Waals surface area (Å²) in [5.74, 6) is 5.25. The van der Waals surface area contributed by atoms with E-state index in [9.17, 15) is 4.79 Å². The minimum absolute atomic E-state index is 0.114. The summed E-state index contributed by atoms with van der Waals surface area (Å²) in [7, 11) is 0. The standard InChI is InChI=1S/C18H17NO2/c1-14-4-6-16(7-5-14)13-19-18(21)17-10-8-15(9-11-17)3-2-12-20/h4-11,20H,12-13H2,1H3,(H,19,21). The van der Waals surface area contributed by atoms with Gasteiger partial charge in [-0.05, 0) is 36.8 Å². The van der Waals surface area contributed by atoms with Gasteiger partial charge in [0.15, 0.2) is 0 Å². The van der Waals surface area contributed by atoms with E-state index in [0.29, 0.717) is 12.1 Å². The van der Waals surface area contributed by atoms with E-state index in [4.69, 9.17) is 5.11 Å². The molecule has 106 valence electrons. The molecule has 21 heavy (non-hydrogen) atoms. The number of hydrogen-bond donors (Lipinski definition) is 2. The van der Waals surface area contributed by atoms with Crippen LogP contribution in [0.4, 0.5) is 0 Å². The van der Waals surface area contributed by atoms with E-state index < -0.39 is 0 Å². The SMILES string of the molecule is Cc1ccc(CNC(=O)c2ccc(C#CCO)cc2)cc1. The van der Waals surface area contributed by atoms with Crippen LogP contribution >= 0.6 is 0 Å². The average Bonchev–Trinajstić information content (AvgIpc) is 2.52. The van der Waals surface area contributed by atoms with Crippen LogP contribution in [-0.4, -0.2) is 17.6 Å². The Labute approximate surface area is 124 Å². The minimum atomic E-state index is -0.168. The van der Waals surface area contributed by atoms with Crippen LogP contribution in [0, 0.1) is 18.8 Å². The number of benzene rings is 2. The van der Waals surface area contributed by atoms with Crippen molar-refractivity contribution in [2.24, 2.45) is 0 Å². The Morgan fingerprint density at radius 3 is 2.38 bits per heavy atom. The molecule has 0 saturated carbocycles. The first-order chi connectivity index (χ1) is 10.2. The Morgan fingerprint density at radius 1 is 1.10 bits per heavy atom. The molecule has 2 aromatic rings. The van der Waals surface area contributed by atoms with Gasteiger partial charge in [-0.2, -0.15) is 0 Å². The largest absolute Gasteiger partial charge is 0.384 e. The van der Waals surface area contributed by atoms with E-state index in [1.54, 1.807) is 24.3 Å². The van der Waals surface area contributed by atoms with Gasteiger partial charge < -0.3 is 10.4 Å². The molecule has 0 radical (unpaired) electrons. The number of amides is 1. The second-order valence-corrected chi connectivity index (χ2v) is 4.71. The van der Waals surface area contributed by atoms with Crippen LogP contribution in [0.3, 0.4) is 0 Å². The summed E-state index contributed by atoms with van der Waals surface area (Å²) in [6.07, 6.45) is 0. The van der Waals surface area contributed by atoms with E-state index in [0.717, 1.165) is 11.1 Å². The summed E-state index contributed by atoms with van der Waals surface area (Å²) in [5.41, 5.74) is 3.64. The molecular weight excluding hydrogens is 262 g/mol. The van der Waals surface area contributed by atoms with Crippen molar-refractivity contribution in [3.05, 3.63) is 70.8 Å². The predicted molar refractivity (Wildman–Crippen MR) is 82.8 cm³/mol. The van der Waals surface area contributed by atoms with E-state index in [-0.39, 0.29) is 12.5 Å². The molecule has 0 spiro atoms. The monoisotopic (exact) mass is 279 g/mol. The van der Waals surface area contributed by atoms with Crippen molar-refractivity contribution >= 4 is 5.91 Å².